The molecule has 1 aromatic carbocycles. The molecular weight excluding hydrogens is 777 g/mol. The number of aliphatic hydroxyl groups is 2. The number of fused-ring (bicyclic) bond motifs is 2. The van der Waals surface area contributed by atoms with E-state index in [1.54, 1.807) is 20.7 Å². The summed E-state index contributed by atoms with van der Waals surface area (Å²) in [5.74, 6) is -5.24. The maximum absolute atomic E-state index is 14.4. The molecule has 2 saturated heterocycles. The summed E-state index contributed by atoms with van der Waals surface area (Å²) in [6, 6.07) is 10.0. The van der Waals surface area contributed by atoms with Crippen molar-refractivity contribution in [3.63, 3.8) is 0 Å². The van der Waals surface area contributed by atoms with Gasteiger partial charge in [0.25, 0.3) is 0 Å². The number of hydrogen-bond acceptors (Lipinski definition) is 14. The van der Waals surface area contributed by atoms with E-state index >= 15 is 0 Å². The van der Waals surface area contributed by atoms with Crippen LogP contribution < -0.4 is 4.74 Å². The molecule has 0 unspecified atom stereocenters. The van der Waals surface area contributed by atoms with Crippen molar-refractivity contribution in [1.29, 1.82) is 0 Å². The predicted octanol–water partition coefficient (Wildman–Crippen LogP) is 7.37. The minimum atomic E-state index is -2.34. The number of rotatable bonds is 15. The highest BCUT2D eigenvalue weighted by Crippen LogP contribution is 2.77. The highest BCUT2D eigenvalue weighted by Gasteiger charge is 2.88. The van der Waals surface area contributed by atoms with E-state index in [1.165, 1.54) is 6.92 Å². The molecule has 8 rings (SSSR count). The third-order valence-electron chi connectivity index (χ3n) is 13.3. The summed E-state index contributed by atoms with van der Waals surface area (Å²) >= 11 is 5.22. The van der Waals surface area contributed by atoms with Crippen molar-refractivity contribution in [2.45, 2.75) is 115 Å². The second-order valence-corrected chi connectivity index (χ2v) is 19.8. The van der Waals surface area contributed by atoms with Gasteiger partial charge >= 0.3 is 17.9 Å². The first-order valence-corrected chi connectivity index (χ1v) is 22.4. The van der Waals surface area contributed by atoms with Gasteiger partial charge in [-0.15, -0.1) is 0 Å². The van der Waals surface area contributed by atoms with Gasteiger partial charge in [-0.1, -0.05) is 53.3 Å². The normalized spacial score (nSPS) is 33.7. The third-order valence-corrected chi connectivity index (χ3v) is 16.2. The fourth-order valence-corrected chi connectivity index (χ4v) is 13.5. The Morgan fingerprint density at radius 3 is 2.38 bits per heavy atom. The van der Waals surface area contributed by atoms with Gasteiger partial charge in [0.1, 0.15) is 33.3 Å². The summed E-state index contributed by atoms with van der Waals surface area (Å²) in [5.41, 5.74) is -1.94. The first-order chi connectivity index (χ1) is 26.7. The summed E-state index contributed by atoms with van der Waals surface area (Å²) in [6.07, 6.45) is 2.28. The van der Waals surface area contributed by atoms with Crippen molar-refractivity contribution in [3.8, 4) is 16.2 Å². The number of esters is 3. The van der Waals surface area contributed by atoms with Crippen molar-refractivity contribution < 1.29 is 53.1 Å². The Labute approximate surface area is 340 Å². The molecule has 2 spiro atoms. The topological polar surface area (TPSA) is 155 Å². The van der Waals surface area contributed by atoms with Gasteiger partial charge in [0.15, 0.2) is 5.78 Å². The molecule has 1 aromatic heterocycles. The molecule has 6 aliphatic rings. The molecule has 2 aliphatic heterocycles. The molecule has 2 N–H and O–H groups in total. The van der Waals surface area contributed by atoms with Crippen LogP contribution in [-0.4, -0.2) is 77.8 Å². The number of carbonyl (C=O) groups is 4. The molecule has 3 heterocycles. The van der Waals surface area contributed by atoms with Crippen LogP contribution in [0.4, 0.5) is 0 Å². The van der Waals surface area contributed by atoms with Crippen molar-refractivity contribution in [2.24, 2.45) is 34.0 Å². The number of hydrogen-bond donors (Lipinski definition) is 2. The van der Waals surface area contributed by atoms with Crippen LogP contribution in [0.25, 0.3) is 10.4 Å². The zero-order chi connectivity index (χ0) is 40.0. The smallest absolute Gasteiger partial charge is 0.306 e. The van der Waals surface area contributed by atoms with Crippen LogP contribution in [-0.2, 0) is 38.1 Å². The molecule has 4 saturated carbocycles. The van der Waals surface area contributed by atoms with Gasteiger partial charge < -0.3 is 33.9 Å². The van der Waals surface area contributed by atoms with Gasteiger partial charge in [0.05, 0.1) is 19.8 Å². The molecule has 4 aliphatic carbocycles. The molecule has 9 atom stereocenters. The fourth-order valence-electron chi connectivity index (χ4n) is 11.1. The largest absolute Gasteiger partial charge is 0.494 e. The summed E-state index contributed by atoms with van der Waals surface area (Å²) in [4.78, 5) is 53.9. The number of ketones is 1. The average molecular weight is 829 g/mol. The first kappa shape index (κ1) is 41.2. The lowest BCUT2D eigenvalue weighted by Crippen LogP contribution is -2.86. The number of unbranched alkanes of at least 4 members (excludes halogenated alkanes) is 3. The van der Waals surface area contributed by atoms with E-state index in [0.717, 1.165) is 39.3 Å². The molecule has 14 heteroatoms. The molecule has 56 heavy (non-hydrogen) atoms. The lowest BCUT2D eigenvalue weighted by atomic mass is 9.35. The van der Waals surface area contributed by atoms with E-state index in [9.17, 15) is 29.4 Å². The zero-order valence-corrected chi connectivity index (χ0v) is 34.7. The van der Waals surface area contributed by atoms with Gasteiger partial charge in [-0.3, -0.25) is 19.2 Å². The Morgan fingerprint density at radius 1 is 0.964 bits per heavy atom. The van der Waals surface area contributed by atoms with Crippen LogP contribution in [0, 0.1) is 37.8 Å². The van der Waals surface area contributed by atoms with Crippen LogP contribution in [0.2, 0.25) is 0 Å². The minimum Gasteiger partial charge on any atom is -0.494 e. The van der Waals surface area contributed by atoms with E-state index in [-0.39, 0.29) is 38.0 Å². The Kier molecular flexibility index (Phi) is 11.7. The van der Waals surface area contributed by atoms with E-state index in [4.69, 9.17) is 35.9 Å². The minimum absolute atomic E-state index is 0.00977. The number of aliphatic hydroxyl groups excluding tert-OH is 1. The number of Topliss-reactive ketones (excluding diaryl/α,β-unsaturated/α-hetero) is 1. The molecular formula is C42H52O11S3. The van der Waals surface area contributed by atoms with Crippen LogP contribution in [0.5, 0.6) is 5.75 Å². The number of carbonyl (C=O) groups excluding carboxylic acids is 4. The average Bonchev–Trinajstić information content (AvgIpc) is 3.63. The summed E-state index contributed by atoms with van der Waals surface area (Å²) in [7, 11) is 3.26. The second-order valence-electron chi connectivity index (χ2n) is 16.9. The van der Waals surface area contributed by atoms with Crippen LogP contribution in [0.3, 0.4) is 0 Å². The van der Waals surface area contributed by atoms with Crippen LogP contribution in [0.15, 0.2) is 42.5 Å². The zero-order valence-electron chi connectivity index (χ0n) is 32.3. The van der Waals surface area contributed by atoms with Crippen molar-refractivity contribution >= 4 is 56.6 Å². The maximum Gasteiger partial charge on any atom is 0.306 e. The molecule has 11 nitrogen and oxygen atoms in total. The Balaban J connectivity index is 0.884. The number of benzene rings is 1. The number of ether oxygens (including phenoxy) is 5. The molecule has 2 aromatic rings. The third kappa shape index (κ3) is 6.89. The standard InChI is InChI=1S/C42H52O11S3/c1-24-28-16-17-30-40-23-51-42(48,37(47)35(40)39(3,4)19-18-31(40)52-25(2)43)41(30,36(24)46)38(28)53-33(45)11-9-10-32(44)50-21-8-6-5-7-20-49-27-14-12-26(13-15-27)29-22-34(54)56-55-29/h12-15,22,28,30-31,35,37-38,47-48H,1,5-11,16-21,23H2,2-4H3/t28-,30-,31-,35+,37-,38+,40+,41-,42-/m0/s1. The summed E-state index contributed by atoms with van der Waals surface area (Å²) in [6.45, 7) is 10.3. The van der Waals surface area contributed by atoms with Crippen molar-refractivity contribution in [3.05, 3.63) is 46.3 Å². The first-order valence-electron chi connectivity index (χ1n) is 19.8. The van der Waals surface area contributed by atoms with Gasteiger partial charge in [-0.05, 0) is 111 Å². The highest BCUT2D eigenvalue weighted by atomic mass is 32.9. The van der Waals surface area contributed by atoms with E-state index < -0.39 is 81.8 Å². The van der Waals surface area contributed by atoms with Gasteiger partial charge in [0.2, 0.25) is 5.79 Å². The molecule has 304 valence electrons. The molecule has 0 amide bonds. The monoisotopic (exact) mass is 828 g/mol. The van der Waals surface area contributed by atoms with Gasteiger partial charge in [0, 0.05) is 41.9 Å². The highest BCUT2D eigenvalue weighted by molar-refractivity contribution is 7.80. The van der Waals surface area contributed by atoms with E-state index in [0.29, 0.717) is 38.7 Å². The van der Waals surface area contributed by atoms with Crippen molar-refractivity contribution in [1.82, 2.24) is 0 Å². The van der Waals surface area contributed by atoms with Crippen LogP contribution in [0.1, 0.15) is 91.4 Å². The lowest BCUT2D eigenvalue weighted by molar-refractivity contribution is -0.458. The fraction of sp³-hybridized carbons (Fsp3) is 0.643. The van der Waals surface area contributed by atoms with Gasteiger partial charge in [-0.25, -0.2) is 0 Å². The second kappa shape index (κ2) is 16.0. The maximum atomic E-state index is 14.4. The predicted molar refractivity (Wildman–Crippen MR) is 211 cm³/mol. The van der Waals surface area contributed by atoms with Crippen LogP contribution >= 0.6 is 32.9 Å². The summed E-state index contributed by atoms with van der Waals surface area (Å²) < 4.78 is 30.4. The van der Waals surface area contributed by atoms with E-state index in [1.807, 2.05) is 44.2 Å². The Hall–Kier alpha value is -3.01. The lowest BCUT2D eigenvalue weighted by Gasteiger charge is -2.74. The SMILES string of the molecule is C=C1C(=O)[C@]23[C@H](OC(=O)CCCC(=O)OCCCCCCOc4ccc(-c5cc(=S)ss5)cc4)[C@H]1CC[C@H]2[C@@]12CO[C@@]3(O)[C@@H](O)[C@@H]1C(C)(C)CC[C@@H]2OC(C)=O. The van der Waals surface area contributed by atoms with Crippen molar-refractivity contribution in [2.75, 3.05) is 19.8 Å². The molecule has 4 bridgehead atoms. The van der Waals surface area contributed by atoms with E-state index in [2.05, 4.69) is 6.58 Å². The molecule has 6 fully saturated rings. The quantitative estimate of drug-likeness (QED) is 0.0460. The Morgan fingerprint density at radius 2 is 1.68 bits per heavy atom. The Bertz CT molecular complexity index is 1900. The molecule has 0 radical (unpaired) electrons. The summed E-state index contributed by atoms with van der Waals surface area (Å²) in [5, 5.41) is 24.5. The van der Waals surface area contributed by atoms with Gasteiger partial charge in [-0.2, -0.15) is 0 Å².